The summed E-state index contributed by atoms with van der Waals surface area (Å²) in [4.78, 5) is 20.5. The number of amides is 1. The number of rotatable bonds is 3. The molecule has 0 atom stereocenters. The molecule has 6 nitrogen and oxygen atoms in total. The quantitative estimate of drug-likeness (QED) is 0.803. The van der Waals surface area contributed by atoms with Crippen molar-refractivity contribution < 1.29 is 4.79 Å². The zero-order chi connectivity index (χ0) is 17.2. The molecule has 6 heteroatoms. The van der Waals surface area contributed by atoms with Crippen molar-refractivity contribution in [1.29, 1.82) is 0 Å². The van der Waals surface area contributed by atoms with Gasteiger partial charge >= 0.3 is 0 Å². The number of aromatic nitrogens is 4. The molecule has 3 rings (SSSR count). The van der Waals surface area contributed by atoms with Crippen molar-refractivity contribution in [1.82, 2.24) is 19.7 Å². The van der Waals surface area contributed by atoms with E-state index in [0.717, 1.165) is 11.1 Å². The first-order valence-corrected chi connectivity index (χ1v) is 7.68. The van der Waals surface area contributed by atoms with Crippen molar-refractivity contribution in [3.05, 3.63) is 60.8 Å². The maximum Gasteiger partial charge on any atom is 0.277 e. The predicted molar refractivity (Wildman–Crippen MR) is 92.6 cm³/mol. The van der Waals surface area contributed by atoms with Crippen LogP contribution in [0.1, 0.15) is 31.3 Å². The van der Waals surface area contributed by atoms with Gasteiger partial charge in [-0.05, 0) is 26.3 Å². The Balaban J connectivity index is 2.04. The lowest BCUT2D eigenvalue weighted by Crippen LogP contribution is -2.27. The van der Waals surface area contributed by atoms with Gasteiger partial charge in [0.1, 0.15) is 11.5 Å². The first kappa shape index (κ1) is 15.9. The third-order valence-electron chi connectivity index (χ3n) is 3.52. The third kappa shape index (κ3) is 3.17. The number of nitrogens with one attached hydrogen (secondary N) is 1. The molecule has 1 aromatic carbocycles. The molecule has 2 heterocycles. The van der Waals surface area contributed by atoms with E-state index in [9.17, 15) is 4.79 Å². The van der Waals surface area contributed by atoms with Crippen molar-refractivity contribution in [2.75, 3.05) is 5.32 Å². The molecule has 122 valence electrons. The van der Waals surface area contributed by atoms with Crippen LogP contribution in [0.4, 0.5) is 5.82 Å². The fourth-order valence-electron chi connectivity index (χ4n) is 2.39. The fourth-order valence-corrected chi connectivity index (χ4v) is 2.39. The SMILES string of the molecule is CC(C)(C)n1ncc(-c2ccccc2)c1NC(=O)c1cnccn1. The van der Waals surface area contributed by atoms with Crippen LogP contribution in [0.5, 0.6) is 0 Å². The van der Waals surface area contributed by atoms with Gasteiger partial charge in [0, 0.05) is 18.0 Å². The van der Waals surface area contributed by atoms with E-state index in [4.69, 9.17) is 0 Å². The average molecular weight is 321 g/mol. The smallest absolute Gasteiger partial charge is 0.277 e. The van der Waals surface area contributed by atoms with Gasteiger partial charge in [-0.25, -0.2) is 9.67 Å². The van der Waals surface area contributed by atoms with Crippen molar-refractivity contribution in [2.24, 2.45) is 0 Å². The van der Waals surface area contributed by atoms with Gasteiger partial charge in [-0.1, -0.05) is 30.3 Å². The third-order valence-corrected chi connectivity index (χ3v) is 3.52. The largest absolute Gasteiger partial charge is 0.305 e. The number of anilines is 1. The van der Waals surface area contributed by atoms with E-state index in [1.807, 2.05) is 55.8 Å². The van der Waals surface area contributed by atoms with Crippen LogP contribution in [-0.4, -0.2) is 25.7 Å². The number of nitrogens with zero attached hydrogens (tertiary/aromatic N) is 4. The number of carbonyl (C=O) groups is 1. The molecule has 3 aromatic rings. The molecule has 1 amide bonds. The molecule has 0 unspecified atom stereocenters. The summed E-state index contributed by atoms with van der Waals surface area (Å²) in [5, 5.41) is 7.42. The van der Waals surface area contributed by atoms with Gasteiger partial charge in [0.05, 0.1) is 17.9 Å². The summed E-state index contributed by atoms with van der Waals surface area (Å²) in [7, 11) is 0. The predicted octanol–water partition coefficient (Wildman–Crippen LogP) is 3.35. The summed E-state index contributed by atoms with van der Waals surface area (Å²) in [6.45, 7) is 6.10. The molecule has 0 aliphatic heterocycles. The molecule has 0 spiro atoms. The molecule has 2 aromatic heterocycles. The molecule has 0 saturated heterocycles. The van der Waals surface area contributed by atoms with Crippen molar-refractivity contribution in [3.63, 3.8) is 0 Å². The van der Waals surface area contributed by atoms with Gasteiger partial charge in [-0.3, -0.25) is 9.78 Å². The molecule has 0 aliphatic rings. The lowest BCUT2D eigenvalue weighted by Gasteiger charge is -2.23. The van der Waals surface area contributed by atoms with Crippen molar-refractivity contribution in [3.8, 4) is 11.1 Å². The van der Waals surface area contributed by atoms with Gasteiger partial charge < -0.3 is 5.32 Å². The maximum absolute atomic E-state index is 12.5. The standard InChI is InChI=1S/C18H19N5O/c1-18(2,3)23-16(22-17(24)15-12-19-9-10-20-15)14(11-21-23)13-7-5-4-6-8-13/h4-12H,1-3H3,(H,22,24). The van der Waals surface area contributed by atoms with E-state index in [0.29, 0.717) is 5.82 Å². The monoisotopic (exact) mass is 321 g/mol. The van der Waals surface area contributed by atoms with Gasteiger partial charge in [-0.2, -0.15) is 5.10 Å². The van der Waals surface area contributed by atoms with Gasteiger partial charge in [0.2, 0.25) is 0 Å². The second-order valence-electron chi connectivity index (χ2n) is 6.40. The minimum atomic E-state index is -0.314. The molecule has 24 heavy (non-hydrogen) atoms. The zero-order valence-corrected chi connectivity index (χ0v) is 13.9. The van der Waals surface area contributed by atoms with Crippen LogP contribution >= 0.6 is 0 Å². The van der Waals surface area contributed by atoms with E-state index in [-0.39, 0.29) is 17.1 Å². The Morgan fingerprint density at radius 1 is 1.08 bits per heavy atom. The highest BCUT2D eigenvalue weighted by atomic mass is 16.2. The van der Waals surface area contributed by atoms with Crippen LogP contribution in [0.3, 0.4) is 0 Å². The average Bonchev–Trinajstić information content (AvgIpc) is 3.00. The Bertz CT molecular complexity index is 835. The normalized spacial score (nSPS) is 11.3. The van der Waals surface area contributed by atoms with Crippen LogP contribution < -0.4 is 5.32 Å². The summed E-state index contributed by atoms with van der Waals surface area (Å²) in [6, 6.07) is 9.84. The Hall–Kier alpha value is -3.02. The topological polar surface area (TPSA) is 72.7 Å². The first-order chi connectivity index (χ1) is 11.5. The number of benzene rings is 1. The second kappa shape index (κ2) is 6.23. The van der Waals surface area contributed by atoms with Crippen molar-refractivity contribution >= 4 is 11.7 Å². The molecule has 1 N–H and O–H groups in total. The lowest BCUT2D eigenvalue weighted by molar-refractivity contribution is 0.102. The highest BCUT2D eigenvalue weighted by molar-refractivity contribution is 6.04. The molecule has 0 bridgehead atoms. The summed E-state index contributed by atoms with van der Waals surface area (Å²) in [6.07, 6.45) is 6.24. The number of carbonyl (C=O) groups excluding carboxylic acids is 1. The Morgan fingerprint density at radius 3 is 2.46 bits per heavy atom. The summed E-state index contributed by atoms with van der Waals surface area (Å²) in [5.74, 6) is 0.329. The molecule has 0 aliphatic carbocycles. The van der Waals surface area contributed by atoms with E-state index >= 15 is 0 Å². The molecule has 0 fully saturated rings. The van der Waals surface area contributed by atoms with Crippen molar-refractivity contribution in [2.45, 2.75) is 26.3 Å². The number of hydrogen-bond donors (Lipinski definition) is 1. The Kier molecular flexibility index (Phi) is 4.12. The van der Waals surface area contributed by atoms with Crippen LogP contribution in [0.2, 0.25) is 0 Å². The van der Waals surface area contributed by atoms with E-state index < -0.39 is 0 Å². The van der Waals surface area contributed by atoms with E-state index in [1.54, 1.807) is 6.20 Å². The molecule has 0 saturated carbocycles. The molecular weight excluding hydrogens is 302 g/mol. The minimum absolute atomic E-state index is 0.262. The van der Waals surface area contributed by atoms with Gasteiger partial charge in [-0.15, -0.1) is 0 Å². The number of hydrogen-bond acceptors (Lipinski definition) is 4. The maximum atomic E-state index is 12.5. The Morgan fingerprint density at radius 2 is 1.83 bits per heavy atom. The summed E-state index contributed by atoms with van der Waals surface area (Å²) < 4.78 is 1.81. The molecular formula is C18H19N5O. The second-order valence-corrected chi connectivity index (χ2v) is 6.40. The molecule has 0 radical (unpaired) electrons. The van der Waals surface area contributed by atoms with Crippen LogP contribution in [0.25, 0.3) is 11.1 Å². The minimum Gasteiger partial charge on any atom is -0.305 e. The summed E-state index contributed by atoms with van der Waals surface area (Å²) >= 11 is 0. The van der Waals surface area contributed by atoms with Crippen LogP contribution in [-0.2, 0) is 5.54 Å². The van der Waals surface area contributed by atoms with E-state index in [1.165, 1.54) is 18.6 Å². The first-order valence-electron chi connectivity index (χ1n) is 7.68. The zero-order valence-electron chi connectivity index (χ0n) is 13.9. The Labute approximate surface area is 140 Å². The highest BCUT2D eigenvalue weighted by Crippen LogP contribution is 2.31. The highest BCUT2D eigenvalue weighted by Gasteiger charge is 2.23. The van der Waals surface area contributed by atoms with Crippen LogP contribution in [0, 0.1) is 0 Å². The van der Waals surface area contributed by atoms with Crippen LogP contribution in [0.15, 0.2) is 55.1 Å². The summed E-state index contributed by atoms with van der Waals surface area (Å²) in [5.41, 5.74) is 1.83. The fraction of sp³-hybridized carbons (Fsp3) is 0.222. The lowest BCUT2D eigenvalue weighted by atomic mass is 10.1. The van der Waals surface area contributed by atoms with Gasteiger partial charge in [0.15, 0.2) is 0 Å². The van der Waals surface area contributed by atoms with Gasteiger partial charge in [0.25, 0.3) is 5.91 Å². The van der Waals surface area contributed by atoms with E-state index in [2.05, 4.69) is 20.4 Å².